The summed E-state index contributed by atoms with van der Waals surface area (Å²) in [4.78, 5) is 11.8. The Labute approximate surface area is 265 Å². The van der Waals surface area contributed by atoms with Crippen molar-refractivity contribution >= 4 is 5.97 Å². The summed E-state index contributed by atoms with van der Waals surface area (Å²) in [7, 11) is 0. The fourth-order valence-electron chi connectivity index (χ4n) is 5.85. The van der Waals surface area contributed by atoms with E-state index in [4.69, 9.17) is 4.74 Å². The number of hydrogen-bond donors (Lipinski definition) is 0. The fourth-order valence-corrected chi connectivity index (χ4v) is 5.85. The average molecular weight is 589 g/mol. The molecule has 0 bridgehead atoms. The number of unbranched alkanes of at least 4 members (excludes halogenated alkanes) is 31. The van der Waals surface area contributed by atoms with Gasteiger partial charge in [0.1, 0.15) is 0 Å². The molecule has 0 aromatic heterocycles. The highest BCUT2D eigenvalue weighted by molar-refractivity contribution is 5.82. The Morgan fingerprint density at radius 2 is 0.643 bits per heavy atom. The summed E-state index contributed by atoms with van der Waals surface area (Å²) < 4.78 is 5.19. The van der Waals surface area contributed by atoms with Crippen LogP contribution in [0.15, 0.2) is 24.5 Å². The van der Waals surface area contributed by atoms with Gasteiger partial charge in [-0.25, -0.2) is 4.79 Å². The van der Waals surface area contributed by atoms with Crippen molar-refractivity contribution in [2.24, 2.45) is 0 Å². The predicted octanol–water partition coefficient (Wildman–Crippen LogP) is 14.5. The minimum atomic E-state index is -0.237. The van der Waals surface area contributed by atoms with Crippen molar-refractivity contribution in [3.63, 3.8) is 0 Å². The van der Waals surface area contributed by atoms with Gasteiger partial charge in [-0.15, -0.1) is 0 Å². The van der Waals surface area contributed by atoms with Crippen LogP contribution in [0.4, 0.5) is 0 Å². The molecule has 248 valence electrons. The van der Waals surface area contributed by atoms with Crippen LogP contribution >= 0.6 is 0 Å². The van der Waals surface area contributed by atoms with E-state index >= 15 is 0 Å². The molecule has 0 saturated heterocycles. The van der Waals surface area contributed by atoms with Crippen molar-refractivity contribution in [3.8, 4) is 0 Å². The molecule has 0 spiro atoms. The standard InChI is InChI=1S/C40H76O2/c1-3-5-7-9-11-13-15-17-19-20-21-22-23-25-27-29-31-33-35-37-39-42-40(41)38-36-34-32-30-28-26-24-18-16-14-12-10-8-6-4-2/h36-39H,3-35H2,1-2H3. The molecule has 0 heterocycles. The summed E-state index contributed by atoms with van der Waals surface area (Å²) in [6.07, 6.45) is 52.3. The number of allylic oxidation sites excluding steroid dienone is 2. The molecular formula is C40H76O2. The normalized spacial score (nSPS) is 11.8. The van der Waals surface area contributed by atoms with Crippen molar-refractivity contribution in [1.82, 2.24) is 0 Å². The molecule has 0 rings (SSSR count). The molecule has 0 aliphatic carbocycles. The van der Waals surface area contributed by atoms with E-state index in [1.54, 1.807) is 12.3 Å². The van der Waals surface area contributed by atoms with E-state index in [-0.39, 0.29) is 5.97 Å². The number of carbonyl (C=O) groups excluding carboxylic acids is 1. The van der Waals surface area contributed by atoms with Gasteiger partial charge in [0.05, 0.1) is 6.26 Å². The smallest absolute Gasteiger partial charge is 0.335 e. The summed E-state index contributed by atoms with van der Waals surface area (Å²) in [5, 5.41) is 0. The van der Waals surface area contributed by atoms with Gasteiger partial charge in [0, 0.05) is 6.08 Å². The first-order chi connectivity index (χ1) is 20.8. The number of carbonyl (C=O) groups is 1. The number of rotatable bonds is 35. The monoisotopic (exact) mass is 589 g/mol. The first-order valence-electron chi connectivity index (χ1n) is 19.3. The molecule has 2 nitrogen and oxygen atoms in total. The molecule has 0 aliphatic rings. The van der Waals surface area contributed by atoms with Gasteiger partial charge in [0.2, 0.25) is 0 Å². The van der Waals surface area contributed by atoms with E-state index in [2.05, 4.69) is 13.8 Å². The first kappa shape index (κ1) is 41.0. The average Bonchev–Trinajstić information content (AvgIpc) is 3.00. The summed E-state index contributed by atoms with van der Waals surface area (Å²) in [6, 6.07) is 0. The van der Waals surface area contributed by atoms with Gasteiger partial charge in [0.15, 0.2) is 0 Å². The van der Waals surface area contributed by atoms with Gasteiger partial charge in [-0.1, -0.05) is 206 Å². The van der Waals surface area contributed by atoms with Crippen molar-refractivity contribution in [1.29, 1.82) is 0 Å². The van der Waals surface area contributed by atoms with Crippen LogP contribution in [-0.4, -0.2) is 5.97 Å². The van der Waals surface area contributed by atoms with E-state index in [0.29, 0.717) is 0 Å². The SMILES string of the molecule is CCCCCCCCCCCCCCCC=CC(=O)OC=CCCCCCCCCCCCCCCCCCCCC. The Bertz CT molecular complexity index is 564. The lowest BCUT2D eigenvalue weighted by Gasteiger charge is -2.03. The lowest BCUT2D eigenvalue weighted by molar-refractivity contribution is -0.132. The molecule has 0 N–H and O–H groups in total. The van der Waals surface area contributed by atoms with Crippen molar-refractivity contribution in [2.45, 2.75) is 226 Å². The minimum Gasteiger partial charge on any atom is -0.432 e. The van der Waals surface area contributed by atoms with Crippen LogP contribution in [-0.2, 0) is 9.53 Å². The summed E-state index contributed by atoms with van der Waals surface area (Å²) in [5.41, 5.74) is 0. The highest BCUT2D eigenvalue weighted by Crippen LogP contribution is 2.15. The van der Waals surface area contributed by atoms with E-state index in [1.165, 1.54) is 199 Å². The van der Waals surface area contributed by atoms with Gasteiger partial charge in [-0.2, -0.15) is 0 Å². The van der Waals surface area contributed by atoms with Crippen LogP contribution < -0.4 is 0 Å². The zero-order chi connectivity index (χ0) is 30.4. The van der Waals surface area contributed by atoms with Crippen LogP contribution in [0.5, 0.6) is 0 Å². The summed E-state index contributed by atoms with van der Waals surface area (Å²) in [6.45, 7) is 4.58. The van der Waals surface area contributed by atoms with Crippen LogP contribution in [0.1, 0.15) is 226 Å². The van der Waals surface area contributed by atoms with Crippen molar-refractivity contribution in [3.05, 3.63) is 24.5 Å². The Kier molecular flexibility index (Phi) is 37.0. The Balaban J connectivity index is 3.26. The minimum absolute atomic E-state index is 0.237. The van der Waals surface area contributed by atoms with Gasteiger partial charge in [-0.3, -0.25) is 0 Å². The molecular weight excluding hydrogens is 512 g/mol. The number of hydrogen-bond acceptors (Lipinski definition) is 2. The van der Waals surface area contributed by atoms with Crippen LogP contribution in [0.3, 0.4) is 0 Å². The van der Waals surface area contributed by atoms with Crippen LogP contribution in [0.25, 0.3) is 0 Å². The summed E-state index contributed by atoms with van der Waals surface area (Å²) in [5.74, 6) is -0.237. The lowest BCUT2D eigenvalue weighted by Crippen LogP contribution is -1.93. The second-order valence-corrected chi connectivity index (χ2v) is 13.0. The highest BCUT2D eigenvalue weighted by atomic mass is 16.5. The third-order valence-electron chi connectivity index (χ3n) is 8.73. The van der Waals surface area contributed by atoms with Gasteiger partial charge in [-0.05, 0) is 31.8 Å². The van der Waals surface area contributed by atoms with E-state index in [0.717, 1.165) is 12.8 Å². The topological polar surface area (TPSA) is 26.3 Å². The summed E-state index contributed by atoms with van der Waals surface area (Å²) >= 11 is 0. The molecule has 0 amide bonds. The molecule has 42 heavy (non-hydrogen) atoms. The number of ether oxygens (including phenoxy) is 1. The Morgan fingerprint density at radius 1 is 0.381 bits per heavy atom. The molecule has 0 unspecified atom stereocenters. The van der Waals surface area contributed by atoms with E-state index < -0.39 is 0 Å². The van der Waals surface area contributed by atoms with E-state index in [1.807, 2.05) is 12.2 Å². The van der Waals surface area contributed by atoms with Crippen molar-refractivity contribution in [2.75, 3.05) is 0 Å². The fraction of sp³-hybridized carbons (Fsp3) is 0.875. The van der Waals surface area contributed by atoms with Gasteiger partial charge in [0.25, 0.3) is 0 Å². The predicted molar refractivity (Wildman–Crippen MR) is 188 cm³/mol. The maximum atomic E-state index is 11.8. The Morgan fingerprint density at radius 3 is 0.952 bits per heavy atom. The van der Waals surface area contributed by atoms with Gasteiger partial charge < -0.3 is 4.74 Å². The maximum Gasteiger partial charge on any atom is 0.335 e. The molecule has 0 atom stereocenters. The molecule has 0 fully saturated rings. The molecule has 0 aliphatic heterocycles. The molecule has 0 aromatic rings. The Hall–Kier alpha value is -1.05. The van der Waals surface area contributed by atoms with Crippen LogP contribution in [0, 0.1) is 0 Å². The van der Waals surface area contributed by atoms with Crippen molar-refractivity contribution < 1.29 is 9.53 Å². The van der Waals surface area contributed by atoms with Gasteiger partial charge >= 0.3 is 5.97 Å². The van der Waals surface area contributed by atoms with E-state index in [9.17, 15) is 4.79 Å². The zero-order valence-corrected chi connectivity index (χ0v) is 29.0. The third-order valence-corrected chi connectivity index (χ3v) is 8.73. The zero-order valence-electron chi connectivity index (χ0n) is 29.0. The molecule has 0 saturated carbocycles. The largest absolute Gasteiger partial charge is 0.432 e. The third kappa shape index (κ3) is 37.0. The van der Waals surface area contributed by atoms with Crippen LogP contribution in [0.2, 0.25) is 0 Å². The maximum absolute atomic E-state index is 11.8. The lowest BCUT2D eigenvalue weighted by atomic mass is 10.0. The first-order valence-corrected chi connectivity index (χ1v) is 19.3. The molecule has 2 heteroatoms. The quantitative estimate of drug-likeness (QED) is 0.0318. The number of esters is 1. The second kappa shape index (κ2) is 38.0. The molecule has 0 aromatic carbocycles. The molecule has 0 radical (unpaired) electrons. The highest BCUT2D eigenvalue weighted by Gasteiger charge is 1.97. The second-order valence-electron chi connectivity index (χ2n) is 13.0.